The van der Waals surface area contributed by atoms with E-state index in [9.17, 15) is 15.2 Å². The number of aromatic nitrogens is 3. The van der Waals surface area contributed by atoms with Crippen molar-refractivity contribution in [1.82, 2.24) is 29.7 Å². The Bertz CT molecular complexity index is 3840. The number of amides is 3. The number of aromatic hydroxyl groups is 1. The predicted molar refractivity (Wildman–Crippen MR) is 292 cm³/mol. The maximum Gasteiger partial charge on any atom is 0.421 e. The normalized spacial score (nSPS) is 22.0. The summed E-state index contributed by atoms with van der Waals surface area (Å²) in [5, 5.41) is 31.0. The lowest BCUT2D eigenvalue weighted by atomic mass is 9.65. The first-order valence-electron chi connectivity index (χ1n) is 26.5. The quantitative estimate of drug-likeness (QED) is 0.0592. The molecule has 3 saturated heterocycles. The molecule has 3 fully saturated rings. The van der Waals surface area contributed by atoms with Crippen LogP contribution in [0.2, 0.25) is 0 Å². The number of morpholine rings is 1. The van der Waals surface area contributed by atoms with Gasteiger partial charge in [-0.05, 0) is 100 Å². The fourth-order valence-electron chi connectivity index (χ4n) is 12.4. The van der Waals surface area contributed by atoms with Crippen molar-refractivity contribution in [3.05, 3.63) is 219 Å². The molecule has 5 aliphatic heterocycles. The van der Waals surface area contributed by atoms with E-state index >= 15 is 19.2 Å². The van der Waals surface area contributed by atoms with Crippen molar-refractivity contribution in [2.45, 2.75) is 49.3 Å². The highest BCUT2D eigenvalue weighted by molar-refractivity contribution is 6.23. The van der Waals surface area contributed by atoms with E-state index in [1.54, 1.807) is 39.9 Å². The first-order valence-corrected chi connectivity index (χ1v) is 26.5. The number of piperazine rings is 1. The fraction of sp³-hybridized carbons (Fsp3) is 0.226. The molecule has 6 atom stereocenters. The molecule has 0 bridgehead atoms. The molecular formula is C62H50N8O11. The van der Waals surface area contributed by atoms with Gasteiger partial charge < -0.3 is 29.0 Å². The molecule has 404 valence electrons. The minimum Gasteiger partial charge on any atom is -0.508 e. The number of carbonyl (C=O) groups is 4. The van der Waals surface area contributed by atoms with Crippen LogP contribution in [0.4, 0.5) is 16.2 Å². The van der Waals surface area contributed by atoms with E-state index in [1.165, 1.54) is 36.4 Å². The zero-order valence-electron chi connectivity index (χ0n) is 43.3. The number of ether oxygens (including phenoxy) is 4. The van der Waals surface area contributed by atoms with Gasteiger partial charge in [-0.2, -0.15) is 0 Å². The zero-order valence-corrected chi connectivity index (χ0v) is 43.3. The maximum absolute atomic E-state index is 16.9. The summed E-state index contributed by atoms with van der Waals surface area (Å²) in [6.07, 6.45) is -2.05. The summed E-state index contributed by atoms with van der Waals surface area (Å²) in [7, 11) is 0. The van der Waals surface area contributed by atoms with Gasteiger partial charge in [0.25, 0.3) is 5.69 Å². The van der Waals surface area contributed by atoms with Gasteiger partial charge in [-0.1, -0.05) is 108 Å². The van der Waals surface area contributed by atoms with Crippen molar-refractivity contribution in [2.75, 3.05) is 37.9 Å². The molecule has 0 radical (unpaired) electrons. The molecule has 7 aromatic carbocycles. The van der Waals surface area contributed by atoms with Gasteiger partial charge in [-0.15, -0.1) is 5.10 Å². The Morgan fingerprint density at radius 1 is 0.753 bits per heavy atom. The van der Waals surface area contributed by atoms with Gasteiger partial charge in [0.1, 0.15) is 42.0 Å². The van der Waals surface area contributed by atoms with Crippen LogP contribution in [0.25, 0.3) is 11.0 Å². The van der Waals surface area contributed by atoms with Crippen molar-refractivity contribution in [3.8, 4) is 29.1 Å². The lowest BCUT2D eigenvalue weighted by Gasteiger charge is -2.46. The van der Waals surface area contributed by atoms with Crippen molar-refractivity contribution >= 4 is 46.3 Å². The van der Waals surface area contributed by atoms with Gasteiger partial charge in [-0.3, -0.25) is 34.3 Å². The van der Waals surface area contributed by atoms with E-state index in [1.807, 2.05) is 108 Å². The number of phenolic OH excluding ortho intramolecular Hbond substituents is 1. The van der Waals surface area contributed by atoms with Gasteiger partial charge >= 0.3 is 12.1 Å². The van der Waals surface area contributed by atoms with Crippen molar-refractivity contribution < 1.29 is 48.2 Å². The molecule has 19 nitrogen and oxygen atoms in total. The van der Waals surface area contributed by atoms with Crippen LogP contribution in [0.3, 0.4) is 0 Å². The van der Waals surface area contributed by atoms with Gasteiger partial charge in [0.05, 0.1) is 34.1 Å². The number of carbonyl (C=O) groups excluding carboxylic acids is 4. The van der Waals surface area contributed by atoms with E-state index in [4.69, 9.17) is 18.9 Å². The number of anilines is 1. The molecule has 3 amide bonds. The molecule has 8 aromatic rings. The highest BCUT2D eigenvalue weighted by Crippen LogP contribution is 2.66. The number of nitro benzene ring substituents is 1. The molecular weight excluding hydrogens is 1030 g/mol. The number of non-ortho nitro benzene ring substituents is 1. The molecule has 81 heavy (non-hydrogen) atoms. The lowest BCUT2D eigenvalue weighted by Crippen LogP contribution is -2.59. The van der Waals surface area contributed by atoms with Gasteiger partial charge in [0.2, 0.25) is 18.6 Å². The Kier molecular flexibility index (Phi) is 12.9. The number of esters is 1. The summed E-state index contributed by atoms with van der Waals surface area (Å²) >= 11 is 0. The van der Waals surface area contributed by atoms with Crippen LogP contribution in [0, 0.1) is 27.9 Å². The minimum absolute atomic E-state index is 0.0688. The van der Waals surface area contributed by atoms with Crippen molar-refractivity contribution in [2.24, 2.45) is 5.92 Å². The largest absolute Gasteiger partial charge is 0.508 e. The van der Waals surface area contributed by atoms with E-state index in [-0.39, 0.29) is 55.7 Å². The summed E-state index contributed by atoms with van der Waals surface area (Å²) in [6.45, 7) is 1.79. The smallest absolute Gasteiger partial charge is 0.421 e. The monoisotopic (exact) mass is 1080 g/mol. The van der Waals surface area contributed by atoms with Crippen LogP contribution < -0.4 is 14.4 Å². The van der Waals surface area contributed by atoms with Crippen molar-refractivity contribution in [1.29, 1.82) is 0 Å². The number of benzene rings is 7. The van der Waals surface area contributed by atoms with E-state index in [0.29, 0.717) is 58.9 Å². The standard InChI is InChI=1S/C62H50N8O11/c71-46-25-21-44(22-26-46)57-62(47-34-39(10-9-29-67-50-16-8-7-15-48(50)63-64-67)19-27-49(47)68(60(62)74)61(75)78-37-40-17-23-45(24-18-40)70(76)77)53(58(72)66-32-30-65(31-33-66)36-41-20-28-51-52(35-41)80-38-79-51)55-59(73)81-56(43-13-5-2-6-14-43)54(69(55)57)42-11-3-1-4-12-42/h1-8,11-28,34-35,53-57,71H,29-33,36-38H2/t53-,54-,55-,56+,57+,62-/m0/s1. The predicted octanol–water partition coefficient (Wildman–Crippen LogP) is 8.17. The molecule has 1 N–H and O–H groups in total. The van der Waals surface area contributed by atoms with Gasteiger partial charge in [0.15, 0.2) is 11.5 Å². The Morgan fingerprint density at radius 2 is 1.46 bits per heavy atom. The summed E-state index contributed by atoms with van der Waals surface area (Å²) in [5.41, 5.74) is 3.19. The second-order valence-corrected chi connectivity index (χ2v) is 20.5. The zero-order chi connectivity index (χ0) is 55.4. The number of para-hydroxylation sites is 1. The van der Waals surface area contributed by atoms with E-state index in [2.05, 4.69) is 27.1 Å². The SMILES string of the molecule is O=C1O[C@H](c2ccccc2)[C@H](c2ccccc2)N2[C@H]1[C@@H](C(=O)N1CCN(Cc3ccc4c(c3)OCO4)CC1)[C@]1(C(=O)N(C(=O)OCc3ccc([N+](=O)[O-])cc3)c3ccc(C#CCn4nnc5ccccc54)cc31)[C@H]2c1ccc(O)cc1. The average molecular weight is 1080 g/mol. The van der Waals surface area contributed by atoms with Gasteiger partial charge in [-0.25, -0.2) is 14.4 Å². The van der Waals surface area contributed by atoms with E-state index in [0.717, 1.165) is 21.5 Å². The maximum atomic E-state index is 16.9. The number of nitrogens with zero attached hydrogens (tertiary/aromatic N) is 8. The van der Waals surface area contributed by atoms with Crippen LogP contribution in [-0.2, 0) is 49.0 Å². The Hall–Kier alpha value is -9.90. The molecule has 0 aliphatic carbocycles. The molecule has 0 saturated carbocycles. The summed E-state index contributed by atoms with van der Waals surface area (Å²) in [5.74, 6) is 4.07. The highest BCUT2D eigenvalue weighted by atomic mass is 16.7. The fourth-order valence-corrected chi connectivity index (χ4v) is 12.4. The molecule has 0 unspecified atom stereocenters. The number of phenols is 1. The summed E-state index contributed by atoms with van der Waals surface area (Å²) in [4.78, 5) is 82.0. The number of fused-ring (bicyclic) bond motifs is 5. The topological polar surface area (TPSA) is 212 Å². The minimum atomic E-state index is -2.12. The summed E-state index contributed by atoms with van der Waals surface area (Å²) in [6, 6.07) is 45.4. The summed E-state index contributed by atoms with van der Waals surface area (Å²) < 4.78 is 25.5. The Morgan fingerprint density at radius 3 is 2.21 bits per heavy atom. The molecule has 6 heterocycles. The number of nitro groups is 1. The third-order valence-electron chi connectivity index (χ3n) is 16.0. The first kappa shape index (κ1) is 50.6. The molecule has 19 heteroatoms. The average Bonchev–Trinajstić information content (AvgIpc) is 2.31. The number of cyclic esters (lactones) is 1. The Labute approximate surface area is 463 Å². The molecule has 1 spiro atoms. The number of hydrogen-bond acceptors (Lipinski definition) is 15. The number of rotatable bonds is 10. The van der Waals surface area contributed by atoms with Crippen LogP contribution in [0.5, 0.6) is 17.2 Å². The van der Waals surface area contributed by atoms with Crippen LogP contribution in [0.15, 0.2) is 170 Å². The first-order chi connectivity index (χ1) is 39.5. The van der Waals surface area contributed by atoms with Crippen LogP contribution in [-0.4, -0.2) is 103 Å². The third-order valence-corrected chi connectivity index (χ3v) is 16.0. The van der Waals surface area contributed by atoms with E-state index < -0.39 is 64.4 Å². The highest BCUT2D eigenvalue weighted by Gasteiger charge is 2.76. The third kappa shape index (κ3) is 8.90. The molecule has 1 aromatic heterocycles. The lowest BCUT2D eigenvalue weighted by molar-refractivity contribution is -0.384. The molecule has 13 rings (SSSR count). The Balaban J connectivity index is 0.984. The number of hydrogen-bond donors (Lipinski definition) is 1. The second kappa shape index (κ2) is 20.7. The van der Waals surface area contributed by atoms with Crippen molar-refractivity contribution in [3.63, 3.8) is 0 Å². The van der Waals surface area contributed by atoms with Crippen LogP contribution >= 0.6 is 0 Å². The van der Waals surface area contributed by atoms with Crippen LogP contribution in [0.1, 0.15) is 57.1 Å². The molecule has 5 aliphatic rings. The second-order valence-electron chi connectivity index (χ2n) is 20.5. The number of imide groups is 1. The van der Waals surface area contributed by atoms with Gasteiger partial charge in [0, 0.05) is 50.4 Å².